The second kappa shape index (κ2) is 3.82. The molecular weight excluding hydrogens is 232 g/mol. The molecule has 19 heavy (non-hydrogen) atoms. The normalized spacial score (nSPS) is 34.2. The van der Waals surface area contributed by atoms with E-state index in [2.05, 4.69) is 58.0 Å². The second-order valence-electron chi connectivity index (χ2n) is 6.98. The topological polar surface area (TPSA) is 17.1 Å². The number of fused-ring (bicyclic) bond motifs is 2. The number of hydrogen-bond acceptors (Lipinski definition) is 1. The lowest BCUT2D eigenvalue weighted by Gasteiger charge is -2.34. The average molecular weight is 254 g/mol. The first-order chi connectivity index (χ1) is 8.86. The zero-order chi connectivity index (χ0) is 13.8. The van der Waals surface area contributed by atoms with Crippen LogP contribution in [0.3, 0.4) is 0 Å². The van der Waals surface area contributed by atoms with Gasteiger partial charge in [0.2, 0.25) is 0 Å². The van der Waals surface area contributed by atoms with Crippen LogP contribution in [0.1, 0.15) is 44.7 Å². The van der Waals surface area contributed by atoms with Crippen LogP contribution >= 0.6 is 0 Å². The van der Waals surface area contributed by atoms with E-state index in [4.69, 9.17) is 0 Å². The highest BCUT2D eigenvalue weighted by Gasteiger charge is 2.63. The minimum absolute atomic E-state index is 0.0552. The summed E-state index contributed by atoms with van der Waals surface area (Å²) in [5.74, 6) is 0.619. The lowest BCUT2D eigenvalue weighted by molar-refractivity contribution is -0.119. The molecule has 0 aromatic heterocycles. The van der Waals surface area contributed by atoms with Crippen molar-refractivity contribution in [2.24, 2.45) is 16.7 Å². The standard InChI is InChI=1S/C18H22O/c1-12-5-7-13(8-6-12)11-15-16(19)14-9-10-18(15,4)17(14,2)3/h5-8,11,14H,9-10H2,1-4H3/b15-11+/t14-,18+/m1/s1. The number of Topliss-reactive ketones (excluding diaryl/α,β-unsaturated/α-hetero) is 1. The first-order valence-electron chi connectivity index (χ1n) is 7.19. The zero-order valence-electron chi connectivity index (χ0n) is 12.3. The molecule has 1 heteroatoms. The van der Waals surface area contributed by atoms with Gasteiger partial charge in [-0.3, -0.25) is 4.79 Å². The third kappa shape index (κ3) is 1.57. The van der Waals surface area contributed by atoms with Crippen molar-refractivity contribution < 1.29 is 4.79 Å². The van der Waals surface area contributed by atoms with E-state index in [0.29, 0.717) is 5.78 Å². The monoisotopic (exact) mass is 254 g/mol. The van der Waals surface area contributed by atoms with Gasteiger partial charge in [0.1, 0.15) is 0 Å². The smallest absolute Gasteiger partial charge is 0.163 e. The van der Waals surface area contributed by atoms with Crippen molar-refractivity contribution >= 4 is 11.9 Å². The van der Waals surface area contributed by atoms with Gasteiger partial charge in [0.15, 0.2) is 5.78 Å². The molecule has 2 aliphatic rings. The summed E-state index contributed by atoms with van der Waals surface area (Å²) < 4.78 is 0. The molecule has 0 aliphatic heterocycles. The molecule has 2 atom stereocenters. The van der Waals surface area contributed by atoms with Gasteiger partial charge in [-0.1, -0.05) is 50.6 Å². The first kappa shape index (κ1) is 12.7. The fourth-order valence-corrected chi connectivity index (χ4v) is 3.96. The molecule has 0 heterocycles. The third-order valence-corrected chi connectivity index (χ3v) is 5.79. The highest BCUT2D eigenvalue weighted by Crippen LogP contribution is 2.66. The van der Waals surface area contributed by atoms with Crippen LogP contribution in [0.15, 0.2) is 29.8 Å². The molecule has 100 valence electrons. The van der Waals surface area contributed by atoms with Gasteiger partial charge in [-0.15, -0.1) is 0 Å². The first-order valence-corrected chi connectivity index (χ1v) is 7.19. The summed E-state index contributed by atoms with van der Waals surface area (Å²) >= 11 is 0. The van der Waals surface area contributed by atoms with Gasteiger partial charge in [0.05, 0.1) is 0 Å². The van der Waals surface area contributed by atoms with Gasteiger partial charge in [0, 0.05) is 16.9 Å². The van der Waals surface area contributed by atoms with E-state index in [0.717, 1.165) is 24.0 Å². The Morgan fingerprint density at radius 2 is 1.79 bits per heavy atom. The minimum Gasteiger partial charge on any atom is -0.294 e. The van der Waals surface area contributed by atoms with Crippen molar-refractivity contribution in [3.05, 3.63) is 41.0 Å². The van der Waals surface area contributed by atoms with Crippen molar-refractivity contribution in [1.29, 1.82) is 0 Å². The summed E-state index contributed by atoms with van der Waals surface area (Å²) in [5.41, 5.74) is 3.63. The molecular formula is C18H22O. The van der Waals surface area contributed by atoms with Crippen LogP contribution in [0.5, 0.6) is 0 Å². The number of rotatable bonds is 1. The van der Waals surface area contributed by atoms with Crippen LogP contribution in [0.4, 0.5) is 0 Å². The molecule has 1 aromatic carbocycles. The number of hydrogen-bond donors (Lipinski definition) is 0. The van der Waals surface area contributed by atoms with Gasteiger partial charge in [0.25, 0.3) is 0 Å². The van der Waals surface area contributed by atoms with E-state index >= 15 is 0 Å². The van der Waals surface area contributed by atoms with Crippen LogP contribution in [0.25, 0.3) is 6.08 Å². The van der Waals surface area contributed by atoms with E-state index in [1.165, 1.54) is 5.56 Å². The predicted octanol–water partition coefficient (Wildman–Crippen LogP) is 4.40. The molecule has 3 rings (SSSR count). The molecule has 0 spiro atoms. The number of benzene rings is 1. The maximum Gasteiger partial charge on any atom is 0.163 e. The summed E-state index contributed by atoms with van der Waals surface area (Å²) in [4.78, 5) is 12.6. The summed E-state index contributed by atoms with van der Waals surface area (Å²) in [6, 6.07) is 8.44. The molecule has 2 bridgehead atoms. The fourth-order valence-electron chi connectivity index (χ4n) is 3.96. The number of ketones is 1. The van der Waals surface area contributed by atoms with Gasteiger partial charge >= 0.3 is 0 Å². The lowest BCUT2D eigenvalue weighted by atomic mass is 9.69. The Bertz CT molecular complexity index is 562. The molecule has 0 radical (unpaired) electrons. The van der Waals surface area contributed by atoms with Crippen molar-refractivity contribution in [3.63, 3.8) is 0 Å². The second-order valence-corrected chi connectivity index (χ2v) is 6.98. The molecule has 1 aromatic rings. The summed E-state index contributed by atoms with van der Waals surface area (Å²) in [7, 11) is 0. The van der Waals surface area contributed by atoms with E-state index in [1.807, 2.05) is 0 Å². The molecule has 0 saturated heterocycles. The number of carbonyl (C=O) groups excluding carboxylic acids is 1. The van der Waals surface area contributed by atoms with Gasteiger partial charge in [-0.25, -0.2) is 0 Å². The van der Waals surface area contributed by atoms with Crippen molar-refractivity contribution in [1.82, 2.24) is 0 Å². The van der Waals surface area contributed by atoms with Crippen LogP contribution in [0, 0.1) is 23.7 Å². The van der Waals surface area contributed by atoms with Crippen molar-refractivity contribution in [2.45, 2.75) is 40.5 Å². The Morgan fingerprint density at radius 3 is 2.32 bits per heavy atom. The van der Waals surface area contributed by atoms with Crippen molar-refractivity contribution in [3.8, 4) is 0 Å². The minimum atomic E-state index is 0.0552. The quantitative estimate of drug-likeness (QED) is 0.679. The van der Waals surface area contributed by atoms with Crippen LogP contribution < -0.4 is 0 Å². The van der Waals surface area contributed by atoms with E-state index < -0.39 is 0 Å². The Labute approximate surface area is 115 Å². The number of carbonyl (C=O) groups is 1. The fraction of sp³-hybridized carbons (Fsp3) is 0.500. The summed E-state index contributed by atoms with van der Waals surface area (Å²) in [6.45, 7) is 8.89. The van der Waals surface area contributed by atoms with Gasteiger partial charge in [-0.2, -0.15) is 0 Å². The molecule has 0 unspecified atom stereocenters. The summed E-state index contributed by atoms with van der Waals surface area (Å²) in [6.07, 6.45) is 4.34. The van der Waals surface area contributed by atoms with E-state index in [9.17, 15) is 4.79 Å². The van der Waals surface area contributed by atoms with Gasteiger partial charge < -0.3 is 0 Å². The number of allylic oxidation sites excluding steroid dienone is 1. The van der Waals surface area contributed by atoms with E-state index in [-0.39, 0.29) is 16.7 Å². The maximum atomic E-state index is 12.6. The molecule has 1 nitrogen and oxygen atoms in total. The highest BCUT2D eigenvalue weighted by atomic mass is 16.1. The Morgan fingerprint density at radius 1 is 1.16 bits per heavy atom. The largest absolute Gasteiger partial charge is 0.294 e. The molecule has 2 fully saturated rings. The molecule has 0 amide bonds. The third-order valence-electron chi connectivity index (χ3n) is 5.79. The predicted molar refractivity (Wildman–Crippen MR) is 78.8 cm³/mol. The SMILES string of the molecule is Cc1ccc(/C=C2\C(=O)[C@H]3CC[C@]2(C)C3(C)C)cc1. The Balaban J connectivity index is 2.07. The van der Waals surface area contributed by atoms with Crippen LogP contribution in [-0.2, 0) is 4.79 Å². The number of aryl methyl sites for hydroxylation is 1. The zero-order valence-corrected chi connectivity index (χ0v) is 12.3. The highest BCUT2D eigenvalue weighted by molar-refractivity contribution is 6.06. The molecule has 0 N–H and O–H groups in total. The summed E-state index contributed by atoms with van der Waals surface area (Å²) in [5, 5.41) is 0. The van der Waals surface area contributed by atoms with Crippen molar-refractivity contribution in [2.75, 3.05) is 0 Å². The molecule has 2 aliphatic carbocycles. The van der Waals surface area contributed by atoms with E-state index in [1.54, 1.807) is 0 Å². The molecule has 2 saturated carbocycles. The van der Waals surface area contributed by atoms with Gasteiger partial charge in [-0.05, 0) is 36.8 Å². The van der Waals surface area contributed by atoms with Crippen LogP contribution in [0.2, 0.25) is 0 Å². The maximum absolute atomic E-state index is 12.6. The average Bonchev–Trinajstić information content (AvgIpc) is 2.66. The Hall–Kier alpha value is -1.37. The Kier molecular flexibility index (Phi) is 2.54. The van der Waals surface area contributed by atoms with Crippen LogP contribution in [-0.4, -0.2) is 5.78 Å². The lowest BCUT2D eigenvalue weighted by Crippen LogP contribution is -2.27.